The molecule has 0 radical (unpaired) electrons. The number of amides is 1. The van der Waals surface area contributed by atoms with Crippen molar-refractivity contribution in [3.63, 3.8) is 0 Å². The fourth-order valence-electron chi connectivity index (χ4n) is 1.33. The summed E-state index contributed by atoms with van der Waals surface area (Å²) < 4.78 is 6.67. The zero-order valence-electron chi connectivity index (χ0n) is 8.84. The molecule has 0 aliphatic rings. The van der Waals surface area contributed by atoms with E-state index in [1.807, 2.05) is 9.78 Å². The molecule has 16 heavy (non-hydrogen) atoms. The van der Waals surface area contributed by atoms with Crippen molar-refractivity contribution in [1.82, 2.24) is 19.9 Å². The molecule has 2 aromatic heterocycles. The minimum Gasteiger partial charge on any atom is -0.450 e. The lowest BCUT2D eigenvalue weighted by molar-refractivity contribution is 0.152. The maximum absolute atomic E-state index is 11.0. The van der Waals surface area contributed by atoms with Gasteiger partial charge in [0.05, 0.1) is 6.61 Å². The van der Waals surface area contributed by atoms with Crippen molar-refractivity contribution in [2.24, 2.45) is 0 Å². The molecule has 7 heteroatoms. The molecule has 0 atom stereocenters. The standard InChI is InChI=1S/C9H12N4O2S/c1-2-15-9(14)10-4-3-7-5-16-8-12-11-6-13(7)8/h5-6H,2-4H2,1H3,(H,10,14). The molecule has 0 saturated carbocycles. The van der Waals surface area contributed by atoms with Crippen LogP contribution >= 0.6 is 11.3 Å². The van der Waals surface area contributed by atoms with E-state index >= 15 is 0 Å². The van der Waals surface area contributed by atoms with E-state index in [1.54, 1.807) is 13.3 Å². The summed E-state index contributed by atoms with van der Waals surface area (Å²) in [5, 5.41) is 12.4. The number of thiazole rings is 1. The van der Waals surface area contributed by atoms with Crippen molar-refractivity contribution in [2.75, 3.05) is 13.2 Å². The molecule has 0 bridgehead atoms. The number of aromatic nitrogens is 3. The highest BCUT2D eigenvalue weighted by Crippen LogP contribution is 2.13. The molecule has 2 aromatic rings. The molecule has 0 fully saturated rings. The van der Waals surface area contributed by atoms with Crippen molar-refractivity contribution in [2.45, 2.75) is 13.3 Å². The van der Waals surface area contributed by atoms with Crippen LogP contribution in [-0.4, -0.2) is 33.8 Å². The van der Waals surface area contributed by atoms with E-state index in [4.69, 9.17) is 4.74 Å². The Balaban J connectivity index is 1.87. The topological polar surface area (TPSA) is 68.5 Å². The van der Waals surface area contributed by atoms with Crippen LogP contribution in [0.1, 0.15) is 12.6 Å². The molecular weight excluding hydrogens is 228 g/mol. The highest BCUT2D eigenvalue weighted by atomic mass is 32.1. The lowest BCUT2D eigenvalue weighted by atomic mass is 10.3. The first-order chi connectivity index (χ1) is 7.81. The number of hydrogen-bond donors (Lipinski definition) is 1. The molecule has 0 aliphatic heterocycles. The quantitative estimate of drug-likeness (QED) is 0.868. The van der Waals surface area contributed by atoms with E-state index in [0.29, 0.717) is 13.2 Å². The zero-order valence-corrected chi connectivity index (χ0v) is 9.66. The number of alkyl carbamates (subject to hydrolysis) is 1. The Bertz CT molecular complexity index is 479. The maximum atomic E-state index is 11.0. The molecule has 2 heterocycles. The second-order valence-electron chi connectivity index (χ2n) is 3.11. The molecule has 0 aromatic carbocycles. The van der Waals surface area contributed by atoms with Gasteiger partial charge in [-0.1, -0.05) is 0 Å². The number of fused-ring (bicyclic) bond motifs is 1. The smallest absolute Gasteiger partial charge is 0.407 e. The lowest BCUT2D eigenvalue weighted by Gasteiger charge is -2.03. The lowest BCUT2D eigenvalue weighted by Crippen LogP contribution is -2.26. The van der Waals surface area contributed by atoms with Gasteiger partial charge in [0.15, 0.2) is 0 Å². The number of nitrogens with one attached hydrogen (secondary N) is 1. The fraction of sp³-hybridized carbons (Fsp3) is 0.444. The average molecular weight is 240 g/mol. The molecule has 6 nitrogen and oxygen atoms in total. The molecule has 1 N–H and O–H groups in total. The monoisotopic (exact) mass is 240 g/mol. The third-order valence-electron chi connectivity index (χ3n) is 2.05. The van der Waals surface area contributed by atoms with Crippen molar-refractivity contribution < 1.29 is 9.53 Å². The summed E-state index contributed by atoms with van der Waals surface area (Å²) in [6, 6.07) is 0. The summed E-state index contributed by atoms with van der Waals surface area (Å²) in [5.41, 5.74) is 1.08. The number of carbonyl (C=O) groups is 1. The van der Waals surface area contributed by atoms with Crippen LogP contribution in [-0.2, 0) is 11.2 Å². The van der Waals surface area contributed by atoms with Crippen LogP contribution in [0.4, 0.5) is 4.79 Å². The van der Waals surface area contributed by atoms with E-state index in [-0.39, 0.29) is 6.09 Å². The molecular formula is C9H12N4O2S. The van der Waals surface area contributed by atoms with E-state index in [1.165, 1.54) is 11.3 Å². The van der Waals surface area contributed by atoms with Gasteiger partial charge in [-0.15, -0.1) is 21.5 Å². The Morgan fingerprint density at radius 2 is 2.56 bits per heavy atom. The van der Waals surface area contributed by atoms with E-state index in [0.717, 1.165) is 17.1 Å². The second kappa shape index (κ2) is 4.93. The average Bonchev–Trinajstić information content (AvgIpc) is 2.82. The maximum Gasteiger partial charge on any atom is 0.407 e. The van der Waals surface area contributed by atoms with Gasteiger partial charge < -0.3 is 10.1 Å². The molecule has 0 unspecified atom stereocenters. The first-order valence-corrected chi connectivity index (χ1v) is 5.86. The minimum absolute atomic E-state index is 0.377. The molecule has 1 amide bonds. The van der Waals surface area contributed by atoms with Crippen molar-refractivity contribution >= 4 is 22.4 Å². The van der Waals surface area contributed by atoms with E-state index in [2.05, 4.69) is 15.5 Å². The summed E-state index contributed by atoms with van der Waals surface area (Å²) in [5.74, 6) is 0. The van der Waals surface area contributed by atoms with Crippen LogP contribution < -0.4 is 5.32 Å². The van der Waals surface area contributed by atoms with Crippen LogP contribution in [0.25, 0.3) is 4.96 Å². The van der Waals surface area contributed by atoms with Crippen molar-refractivity contribution in [3.8, 4) is 0 Å². The van der Waals surface area contributed by atoms with Crippen LogP contribution in [0, 0.1) is 0 Å². The highest BCUT2D eigenvalue weighted by Gasteiger charge is 2.05. The predicted molar refractivity (Wildman–Crippen MR) is 59.6 cm³/mol. The summed E-state index contributed by atoms with van der Waals surface area (Å²) in [6.45, 7) is 2.71. The Morgan fingerprint density at radius 1 is 1.69 bits per heavy atom. The van der Waals surface area contributed by atoms with Crippen LogP contribution in [0.15, 0.2) is 11.7 Å². The first kappa shape index (κ1) is 10.9. The highest BCUT2D eigenvalue weighted by molar-refractivity contribution is 7.15. The molecule has 0 aliphatic carbocycles. The number of nitrogens with zero attached hydrogens (tertiary/aromatic N) is 3. The summed E-state index contributed by atoms with van der Waals surface area (Å²) in [4.78, 5) is 11.9. The summed E-state index contributed by atoms with van der Waals surface area (Å²) >= 11 is 1.54. The van der Waals surface area contributed by atoms with Gasteiger partial charge in [-0.05, 0) is 6.92 Å². The van der Waals surface area contributed by atoms with Gasteiger partial charge in [-0.25, -0.2) is 4.79 Å². The number of hydrogen-bond acceptors (Lipinski definition) is 5. The van der Waals surface area contributed by atoms with Crippen LogP contribution in [0.5, 0.6) is 0 Å². The molecule has 2 rings (SSSR count). The third-order valence-corrected chi connectivity index (χ3v) is 2.93. The SMILES string of the molecule is CCOC(=O)NCCc1csc2nncn12. The largest absolute Gasteiger partial charge is 0.450 e. The minimum atomic E-state index is -0.377. The Kier molecular flexibility index (Phi) is 3.35. The number of rotatable bonds is 4. The zero-order chi connectivity index (χ0) is 11.4. The van der Waals surface area contributed by atoms with Crippen LogP contribution in [0.3, 0.4) is 0 Å². The summed E-state index contributed by atoms with van der Waals surface area (Å²) in [7, 11) is 0. The Hall–Kier alpha value is -1.63. The number of ether oxygens (including phenoxy) is 1. The second-order valence-corrected chi connectivity index (χ2v) is 3.94. The van der Waals surface area contributed by atoms with Gasteiger partial charge in [0.1, 0.15) is 6.33 Å². The van der Waals surface area contributed by atoms with E-state index < -0.39 is 0 Å². The summed E-state index contributed by atoms with van der Waals surface area (Å²) in [6.07, 6.45) is 2.03. The van der Waals surface area contributed by atoms with Crippen LogP contribution in [0.2, 0.25) is 0 Å². The number of carbonyl (C=O) groups excluding carboxylic acids is 1. The van der Waals surface area contributed by atoms with Gasteiger partial charge in [0, 0.05) is 24.0 Å². The van der Waals surface area contributed by atoms with Gasteiger partial charge in [0.2, 0.25) is 4.96 Å². The Morgan fingerprint density at radius 3 is 3.38 bits per heavy atom. The van der Waals surface area contributed by atoms with Crippen molar-refractivity contribution in [3.05, 3.63) is 17.4 Å². The Labute approximate surface area is 96.2 Å². The van der Waals surface area contributed by atoms with Gasteiger partial charge >= 0.3 is 6.09 Å². The fourth-order valence-corrected chi connectivity index (χ4v) is 2.18. The van der Waals surface area contributed by atoms with E-state index in [9.17, 15) is 4.79 Å². The van der Waals surface area contributed by atoms with Gasteiger partial charge in [-0.2, -0.15) is 0 Å². The van der Waals surface area contributed by atoms with Crippen molar-refractivity contribution in [1.29, 1.82) is 0 Å². The molecule has 0 spiro atoms. The normalized spacial score (nSPS) is 10.6. The predicted octanol–water partition coefficient (Wildman–Crippen LogP) is 1.08. The molecule has 0 saturated heterocycles. The van der Waals surface area contributed by atoms with Gasteiger partial charge in [-0.3, -0.25) is 4.40 Å². The molecule has 86 valence electrons. The van der Waals surface area contributed by atoms with Gasteiger partial charge in [0.25, 0.3) is 0 Å². The third kappa shape index (κ3) is 2.30. The first-order valence-electron chi connectivity index (χ1n) is 4.98.